The topological polar surface area (TPSA) is 61.7 Å². The van der Waals surface area contributed by atoms with E-state index in [0.717, 1.165) is 0 Å². The zero-order valence-corrected chi connectivity index (χ0v) is 4.37. The van der Waals surface area contributed by atoms with E-state index in [1.807, 2.05) is 0 Å². The first-order valence-electron chi connectivity index (χ1n) is 2.56. The zero-order chi connectivity index (χ0) is 5.98. The molecule has 1 aliphatic heterocycles. The Morgan fingerprint density at radius 3 is 2.62 bits per heavy atom. The highest BCUT2D eigenvalue weighted by Gasteiger charge is 2.24. The summed E-state index contributed by atoms with van der Waals surface area (Å²) in [5.74, 6) is 0. The number of aliphatic hydroxyl groups excluding tert-OH is 1. The average Bonchev–Trinajstić information content (AvgIpc) is 2.14. The predicted molar refractivity (Wildman–Crippen MR) is 28.5 cm³/mol. The van der Waals surface area contributed by atoms with Crippen molar-refractivity contribution in [1.82, 2.24) is 5.32 Å². The Balaban J connectivity index is 2.41. The molecule has 2 unspecified atom stereocenters. The molecule has 4 heteroatoms. The van der Waals surface area contributed by atoms with E-state index in [1.165, 1.54) is 0 Å². The Bertz CT molecular complexity index is 96.0. The molecule has 1 rings (SSSR count). The van der Waals surface area contributed by atoms with E-state index in [2.05, 4.69) is 10.5 Å². The summed E-state index contributed by atoms with van der Waals surface area (Å²) >= 11 is 0. The van der Waals surface area contributed by atoms with Crippen molar-refractivity contribution in [3.05, 3.63) is 4.91 Å². The third kappa shape index (κ3) is 0.850. The Morgan fingerprint density at radius 2 is 2.38 bits per heavy atom. The van der Waals surface area contributed by atoms with E-state index < -0.39 is 12.1 Å². The van der Waals surface area contributed by atoms with Crippen LogP contribution < -0.4 is 5.32 Å². The molecule has 0 bridgehead atoms. The van der Waals surface area contributed by atoms with Crippen molar-refractivity contribution in [3.63, 3.8) is 0 Å². The van der Waals surface area contributed by atoms with Crippen molar-refractivity contribution >= 4 is 0 Å². The van der Waals surface area contributed by atoms with Crippen molar-refractivity contribution < 1.29 is 5.11 Å². The lowest BCUT2D eigenvalue weighted by atomic mass is 10.2. The Morgan fingerprint density at radius 1 is 1.62 bits per heavy atom. The molecule has 0 aromatic heterocycles. The summed E-state index contributed by atoms with van der Waals surface area (Å²) in [5, 5.41) is 14.4. The molecule has 0 aromatic rings. The van der Waals surface area contributed by atoms with Gasteiger partial charge in [0.1, 0.15) is 6.04 Å². The number of β-amino-alcohol motifs (C(OH)–C–C–N with tert-alkyl or cyclic N) is 1. The van der Waals surface area contributed by atoms with Gasteiger partial charge in [0.05, 0.1) is 6.10 Å². The van der Waals surface area contributed by atoms with Gasteiger partial charge in [0, 0.05) is 13.1 Å². The highest BCUT2D eigenvalue weighted by Crippen LogP contribution is 2.01. The predicted octanol–water partition coefficient (Wildman–Crippen LogP) is -0.915. The molecule has 1 fully saturated rings. The molecule has 0 spiro atoms. The number of aliphatic hydroxyl groups is 1. The number of hydrogen-bond acceptors (Lipinski definition) is 4. The van der Waals surface area contributed by atoms with Crippen LogP contribution in [0.2, 0.25) is 0 Å². The summed E-state index contributed by atoms with van der Waals surface area (Å²) < 4.78 is 0. The third-order valence-electron chi connectivity index (χ3n) is 1.29. The molecule has 4 nitrogen and oxygen atoms in total. The van der Waals surface area contributed by atoms with Crippen molar-refractivity contribution in [2.75, 3.05) is 13.1 Å². The maximum atomic E-state index is 9.77. The number of rotatable bonds is 1. The van der Waals surface area contributed by atoms with Gasteiger partial charge in [-0.2, -0.15) is 4.91 Å². The third-order valence-corrected chi connectivity index (χ3v) is 1.29. The van der Waals surface area contributed by atoms with Gasteiger partial charge in [-0.15, -0.1) is 0 Å². The van der Waals surface area contributed by atoms with Crippen molar-refractivity contribution in [2.24, 2.45) is 5.18 Å². The van der Waals surface area contributed by atoms with E-state index in [-0.39, 0.29) is 0 Å². The van der Waals surface area contributed by atoms with Crippen LogP contribution >= 0.6 is 0 Å². The maximum absolute atomic E-state index is 9.77. The number of nitrogens with zero attached hydrogens (tertiary/aromatic N) is 1. The molecular formula is C4H8N2O2. The van der Waals surface area contributed by atoms with Crippen LogP contribution in [-0.2, 0) is 0 Å². The number of hydrogen-bond donors (Lipinski definition) is 2. The normalized spacial score (nSPS) is 37.6. The molecule has 2 atom stereocenters. The minimum atomic E-state index is -0.563. The van der Waals surface area contributed by atoms with Gasteiger partial charge in [-0.25, -0.2) is 0 Å². The van der Waals surface area contributed by atoms with E-state index in [1.54, 1.807) is 0 Å². The first kappa shape index (κ1) is 5.65. The van der Waals surface area contributed by atoms with Gasteiger partial charge in [0.2, 0.25) is 0 Å². The van der Waals surface area contributed by atoms with Crippen LogP contribution in [0.25, 0.3) is 0 Å². The summed E-state index contributed by atoms with van der Waals surface area (Å²) in [7, 11) is 0. The van der Waals surface area contributed by atoms with Gasteiger partial charge in [-0.05, 0) is 0 Å². The molecule has 1 heterocycles. The Hall–Kier alpha value is -0.480. The molecule has 0 amide bonds. The highest BCUT2D eigenvalue weighted by atomic mass is 16.3. The molecule has 0 radical (unpaired) electrons. The smallest absolute Gasteiger partial charge is 0.131 e. The van der Waals surface area contributed by atoms with Crippen LogP contribution in [0.5, 0.6) is 0 Å². The number of nitroso groups, excluding NO2 is 1. The summed E-state index contributed by atoms with van der Waals surface area (Å²) in [5.41, 5.74) is 0. The molecule has 0 saturated carbocycles. The quantitative estimate of drug-likeness (QED) is 0.436. The SMILES string of the molecule is O=NC1CNCC1O. The van der Waals surface area contributed by atoms with Gasteiger partial charge in [0.15, 0.2) is 0 Å². The largest absolute Gasteiger partial charge is 0.389 e. The van der Waals surface area contributed by atoms with Crippen LogP contribution in [0.15, 0.2) is 5.18 Å². The first-order chi connectivity index (χ1) is 3.84. The van der Waals surface area contributed by atoms with Crippen molar-refractivity contribution in [1.29, 1.82) is 0 Å². The van der Waals surface area contributed by atoms with Crippen LogP contribution in [0.4, 0.5) is 0 Å². The summed E-state index contributed by atoms with van der Waals surface area (Å²) in [6, 6.07) is -0.421. The van der Waals surface area contributed by atoms with Crippen LogP contribution in [-0.4, -0.2) is 30.3 Å². The molecule has 0 aliphatic carbocycles. The summed E-state index contributed by atoms with van der Waals surface area (Å²) in [6.07, 6.45) is -0.563. The van der Waals surface area contributed by atoms with Crippen molar-refractivity contribution in [2.45, 2.75) is 12.1 Å². The number of nitrogens with one attached hydrogen (secondary N) is 1. The minimum absolute atomic E-state index is 0.421. The summed E-state index contributed by atoms with van der Waals surface area (Å²) in [4.78, 5) is 9.77. The molecule has 1 aliphatic rings. The monoisotopic (exact) mass is 116 g/mol. The summed E-state index contributed by atoms with van der Waals surface area (Å²) in [6.45, 7) is 1.01. The first-order valence-corrected chi connectivity index (χ1v) is 2.56. The molecule has 46 valence electrons. The zero-order valence-electron chi connectivity index (χ0n) is 4.37. The van der Waals surface area contributed by atoms with Crippen LogP contribution in [0, 0.1) is 4.91 Å². The fraction of sp³-hybridized carbons (Fsp3) is 1.00. The van der Waals surface area contributed by atoms with Gasteiger partial charge in [0.25, 0.3) is 0 Å². The van der Waals surface area contributed by atoms with Gasteiger partial charge in [-0.3, -0.25) is 0 Å². The van der Waals surface area contributed by atoms with Gasteiger partial charge in [-0.1, -0.05) is 5.18 Å². The second-order valence-electron chi connectivity index (χ2n) is 1.90. The molecule has 2 N–H and O–H groups in total. The van der Waals surface area contributed by atoms with E-state index >= 15 is 0 Å². The second-order valence-corrected chi connectivity index (χ2v) is 1.90. The lowest BCUT2D eigenvalue weighted by Crippen LogP contribution is -2.20. The fourth-order valence-corrected chi connectivity index (χ4v) is 0.759. The fourth-order valence-electron chi connectivity index (χ4n) is 0.759. The highest BCUT2D eigenvalue weighted by molar-refractivity contribution is 4.85. The van der Waals surface area contributed by atoms with E-state index in [4.69, 9.17) is 5.11 Å². The Labute approximate surface area is 46.9 Å². The van der Waals surface area contributed by atoms with Gasteiger partial charge >= 0.3 is 0 Å². The molecule has 0 aromatic carbocycles. The molecule has 1 saturated heterocycles. The lowest BCUT2D eigenvalue weighted by molar-refractivity contribution is 0.179. The minimum Gasteiger partial charge on any atom is -0.389 e. The van der Waals surface area contributed by atoms with E-state index in [0.29, 0.717) is 13.1 Å². The van der Waals surface area contributed by atoms with E-state index in [9.17, 15) is 4.91 Å². The second kappa shape index (κ2) is 2.19. The molecular weight excluding hydrogens is 108 g/mol. The average molecular weight is 116 g/mol. The lowest BCUT2D eigenvalue weighted by Gasteiger charge is -1.99. The molecule has 8 heavy (non-hydrogen) atoms. The van der Waals surface area contributed by atoms with Gasteiger partial charge < -0.3 is 10.4 Å². The standard InChI is InChI=1S/C4H8N2O2/c7-4-2-5-1-3(4)6-8/h3-5,7H,1-2H2. The van der Waals surface area contributed by atoms with Crippen LogP contribution in [0.3, 0.4) is 0 Å². The van der Waals surface area contributed by atoms with Crippen molar-refractivity contribution in [3.8, 4) is 0 Å². The maximum Gasteiger partial charge on any atom is 0.131 e. The van der Waals surface area contributed by atoms with Crippen LogP contribution in [0.1, 0.15) is 0 Å². The Kier molecular flexibility index (Phi) is 1.55.